The summed E-state index contributed by atoms with van der Waals surface area (Å²) in [6.07, 6.45) is 1.75. The number of hydrogen-bond donors (Lipinski definition) is 0. The molecule has 1 aliphatic rings. The standard InChI is InChI=1S/C15H16ClNO2S2/c1-11-5-2-3-6-12(11)13-7-4-10-17(13)21(18,19)15-9-8-14(16)20-15/h2-3,5-6,8-9,13H,4,7,10H2,1H3. The van der Waals surface area contributed by atoms with E-state index in [4.69, 9.17) is 11.6 Å². The molecule has 1 aliphatic heterocycles. The van der Waals surface area contributed by atoms with Crippen LogP contribution in [-0.2, 0) is 10.0 Å². The molecule has 112 valence electrons. The Morgan fingerprint density at radius 1 is 1.24 bits per heavy atom. The zero-order valence-electron chi connectivity index (χ0n) is 11.6. The highest BCUT2D eigenvalue weighted by molar-refractivity contribution is 7.91. The van der Waals surface area contributed by atoms with E-state index in [-0.39, 0.29) is 6.04 Å². The molecule has 0 N–H and O–H groups in total. The van der Waals surface area contributed by atoms with Gasteiger partial charge in [-0.05, 0) is 43.0 Å². The molecule has 0 aliphatic carbocycles. The summed E-state index contributed by atoms with van der Waals surface area (Å²) in [6.45, 7) is 2.59. The molecule has 2 heterocycles. The fourth-order valence-corrected chi connectivity index (χ4v) is 6.14. The lowest BCUT2D eigenvalue weighted by atomic mass is 10.0. The van der Waals surface area contributed by atoms with Crippen molar-refractivity contribution in [3.63, 3.8) is 0 Å². The second-order valence-electron chi connectivity index (χ2n) is 5.19. The van der Waals surface area contributed by atoms with Crippen LogP contribution in [0.4, 0.5) is 0 Å². The van der Waals surface area contributed by atoms with E-state index in [1.807, 2.05) is 31.2 Å². The lowest BCUT2D eigenvalue weighted by Gasteiger charge is -2.25. The largest absolute Gasteiger partial charge is 0.253 e. The van der Waals surface area contributed by atoms with Gasteiger partial charge in [0.15, 0.2) is 0 Å². The molecule has 0 spiro atoms. The molecule has 0 radical (unpaired) electrons. The molecule has 6 heteroatoms. The topological polar surface area (TPSA) is 37.4 Å². The Morgan fingerprint density at radius 2 is 2.00 bits per heavy atom. The third kappa shape index (κ3) is 2.75. The monoisotopic (exact) mass is 341 g/mol. The Kier molecular flexibility index (Phi) is 4.10. The van der Waals surface area contributed by atoms with Gasteiger partial charge in [0.1, 0.15) is 4.21 Å². The Labute approximate surface area is 134 Å². The smallest absolute Gasteiger partial charge is 0.206 e. The quantitative estimate of drug-likeness (QED) is 0.837. The summed E-state index contributed by atoms with van der Waals surface area (Å²) in [4.78, 5) is 0. The summed E-state index contributed by atoms with van der Waals surface area (Å²) in [7, 11) is -3.46. The number of aryl methyl sites for hydroxylation is 1. The van der Waals surface area contributed by atoms with Gasteiger partial charge in [-0.2, -0.15) is 4.31 Å². The van der Waals surface area contributed by atoms with Crippen LogP contribution in [0.25, 0.3) is 0 Å². The van der Waals surface area contributed by atoms with Crippen molar-refractivity contribution in [3.05, 3.63) is 51.9 Å². The predicted molar refractivity (Wildman–Crippen MR) is 86.4 cm³/mol. The van der Waals surface area contributed by atoms with Crippen LogP contribution >= 0.6 is 22.9 Å². The molecule has 0 bridgehead atoms. The van der Waals surface area contributed by atoms with Crippen LogP contribution in [0.15, 0.2) is 40.6 Å². The van der Waals surface area contributed by atoms with Gasteiger partial charge in [-0.25, -0.2) is 8.42 Å². The molecule has 1 atom stereocenters. The summed E-state index contributed by atoms with van der Waals surface area (Å²) < 4.78 is 28.1. The Hall–Kier alpha value is -0.880. The van der Waals surface area contributed by atoms with Crippen molar-refractivity contribution in [2.24, 2.45) is 0 Å². The zero-order valence-corrected chi connectivity index (χ0v) is 14.0. The van der Waals surface area contributed by atoms with Gasteiger partial charge in [-0.1, -0.05) is 35.9 Å². The van der Waals surface area contributed by atoms with E-state index in [2.05, 4.69) is 0 Å². The fraction of sp³-hybridized carbons (Fsp3) is 0.333. The molecule has 0 amide bonds. The number of hydrogen-bond acceptors (Lipinski definition) is 3. The first-order valence-corrected chi connectivity index (χ1v) is 9.46. The van der Waals surface area contributed by atoms with Gasteiger partial charge in [0.05, 0.1) is 10.4 Å². The van der Waals surface area contributed by atoms with E-state index in [1.54, 1.807) is 16.4 Å². The Bertz CT molecular complexity index is 755. The second-order valence-corrected chi connectivity index (χ2v) is 9.02. The van der Waals surface area contributed by atoms with Crippen molar-refractivity contribution in [1.82, 2.24) is 4.31 Å². The lowest BCUT2D eigenvalue weighted by molar-refractivity contribution is 0.397. The maximum Gasteiger partial charge on any atom is 0.253 e. The van der Waals surface area contributed by atoms with E-state index < -0.39 is 10.0 Å². The average Bonchev–Trinajstić information content (AvgIpc) is 3.08. The van der Waals surface area contributed by atoms with Crippen LogP contribution in [0.5, 0.6) is 0 Å². The van der Waals surface area contributed by atoms with Crippen LogP contribution in [-0.4, -0.2) is 19.3 Å². The van der Waals surface area contributed by atoms with Crippen molar-refractivity contribution in [3.8, 4) is 0 Å². The molecular formula is C15H16ClNO2S2. The van der Waals surface area contributed by atoms with Crippen molar-refractivity contribution >= 4 is 33.0 Å². The summed E-state index contributed by atoms with van der Waals surface area (Å²) in [6, 6.07) is 11.2. The second kappa shape index (κ2) is 5.72. The number of rotatable bonds is 3. The number of benzene rings is 1. The van der Waals surface area contributed by atoms with Crippen molar-refractivity contribution in [1.29, 1.82) is 0 Å². The van der Waals surface area contributed by atoms with Crippen LogP contribution in [0.2, 0.25) is 4.34 Å². The number of sulfonamides is 1. The maximum atomic E-state index is 12.8. The molecule has 1 aromatic carbocycles. The molecular weight excluding hydrogens is 326 g/mol. The van der Waals surface area contributed by atoms with Crippen molar-refractivity contribution < 1.29 is 8.42 Å². The first kappa shape index (κ1) is 15.0. The van der Waals surface area contributed by atoms with Gasteiger partial charge in [0, 0.05) is 6.54 Å². The number of nitrogens with zero attached hydrogens (tertiary/aromatic N) is 1. The third-order valence-electron chi connectivity index (χ3n) is 3.86. The highest BCUT2D eigenvalue weighted by Crippen LogP contribution is 2.39. The summed E-state index contributed by atoms with van der Waals surface area (Å²) in [5, 5.41) is 0. The third-order valence-corrected chi connectivity index (χ3v) is 7.47. The average molecular weight is 342 g/mol. The van der Waals surface area contributed by atoms with Crippen molar-refractivity contribution in [2.45, 2.75) is 30.0 Å². The zero-order chi connectivity index (χ0) is 15.0. The predicted octanol–water partition coefficient (Wildman–Crippen LogP) is 4.24. The molecule has 21 heavy (non-hydrogen) atoms. The normalized spacial score (nSPS) is 20.0. The minimum absolute atomic E-state index is 0.0722. The molecule has 2 aromatic rings. The van der Waals surface area contributed by atoms with Crippen LogP contribution < -0.4 is 0 Å². The Morgan fingerprint density at radius 3 is 2.67 bits per heavy atom. The number of halogens is 1. The van der Waals surface area contributed by atoms with Gasteiger partial charge in [0.2, 0.25) is 0 Å². The SMILES string of the molecule is Cc1ccccc1C1CCCN1S(=O)(=O)c1ccc(Cl)s1. The van der Waals surface area contributed by atoms with Gasteiger partial charge < -0.3 is 0 Å². The van der Waals surface area contributed by atoms with E-state index in [9.17, 15) is 8.42 Å². The van der Waals surface area contributed by atoms with Crippen LogP contribution in [0.3, 0.4) is 0 Å². The summed E-state index contributed by atoms with van der Waals surface area (Å²) in [5.41, 5.74) is 2.23. The fourth-order valence-electron chi connectivity index (χ4n) is 2.85. The van der Waals surface area contributed by atoms with Crippen molar-refractivity contribution in [2.75, 3.05) is 6.54 Å². The van der Waals surface area contributed by atoms with E-state index in [0.29, 0.717) is 15.1 Å². The van der Waals surface area contributed by atoms with E-state index >= 15 is 0 Å². The van der Waals surface area contributed by atoms with Crippen LogP contribution in [0.1, 0.15) is 30.0 Å². The molecule has 1 aromatic heterocycles. The Balaban J connectivity index is 2.00. The number of thiophene rings is 1. The van der Waals surface area contributed by atoms with E-state index in [1.165, 1.54) is 0 Å². The molecule has 1 fully saturated rings. The first-order valence-electron chi connectivity index (χ1n) is 6.83. The maximum absolute atomic E-state index is 12.8. The van der Waals surface area contributed by atoms with Crippen LogP contribution in [0, 0.1) is 6.92 Å². The van der Waals surface area contributed by atoms with Gasteiger partial charge >= 0.3 is 0 Å². The molecule has 0 saturated carbocycles. The molecule has 3 nitrogen and oxygen atoms in total. The molecule has 3 rings (SSSR count). The summed E-state index contributed by atoms with van der Waals surface area (Å²) in [5.74, 6) is 0. The van der Waals surface area contributed by atoms with Gasteiger partial charge in [-0.15, -0.1) is 11.3 Å². The van der Waals surface area contributed by atoms with E-state index in [0.717, 1.165) is 35.3 Å². The highest BCUT2D eigenvalue weighted by Gasteiger charge is 2.37. The minimum Gasteiger partial charge on any atom is -0.206 e. The molecule has 1 saturated heterocycles. The highest BCUT2D eigenvalue weighted by atomic mass is 35.5. The lowest BCUT2D eigenvalue weighted by Crippen LogP contribution is -2.30. The minimum atomic E-state index is -3.46. The van der Waals surface area contributed by atoms with Gasteiger partial charge in [0.25, 0.3) is 10.0 Å². The summed E-state index contributed by atoms with van der Waals surface area (Å²) >= 11 is 7.01. The van der Waals surface area contributed by atoms with Gasteiger partial charge in [-0.3, -0.25) is 0 Å². The first-order chi connectivity index (χ1) is 10.00. The molecule has 1 unspecified atom stereocenters.